The largest absolute Gasteiger partial charge is 0.504 e. The maximum Gasteiger partial charge on any atom is 0.208 e. The molecule has 0 unspecified atom stereocenters. The third-order valence-electron chi connectivity index (χ3n) is 2.84. The molecule has 2 aromatic carbocycles. The molecule has 8 nitrogen and oxygen atoms in total. The van der Waals surface area contributed by atoms with Gasteiger partial charge in [-0.2, -0.15) is 0 Å². The van der Waals surface area contributed by atoms with Gasteiger partial charge >= 0.3 is 0 Å². The van der Waals surface area contributed by atoms with Gasteiger partial charge in [0.25, 0.3) is 0 Å². The van der Waals surface area contributed by atoms with Crippen LogP contribution in [-0.2, 0) is 0 Å². The molecular formula is C13H10O8. The zero-order valence-electron chi connectivity index (χ0n) is 10.3. The van der Waals surface area contributed by atoms with E-state index in [0.717, 1.165) is 18.2 Å². The van der Waals surface area contributed by atoms with Gasteiger partial charge in [0.05, 0.1) is 0 Å². The van der Waals surface area contributed by atoms with Gasteiger partial charge in [-0.25, -0.2) is 0 Å². The summed E-state index contributed by atoms with van der Waals surface area (Å²) in [6.07, 6.45) is 0. The molecule has 0 fully saturated rings. The number of benzene rings is 2. The molecule has 0 atom stereocenters. The average molecular weight is 294 g/mol. The summed E-state index contributed by atoms with van der Waals surface area (Å²) in [7, 11) is 0. The van der Waals surface area contributed by atoms with Crippen molar-refractivity contribution in [3.8, 4) is 40.2 Å². The molecule has 2 rings (SSSR count). The maximum atomic E-state index is 12.2. The molecule has 7 N–H and O–H groups in total. The number of ketones is 1. The highest BCUT2D eigenvalue weighted by Gasteiger charge is 2.28. The van der Waals surface area contributed by atoms with Crippen LogP contribution >= 0.6 is 0 Å². The summed E-state index contributed by atoms with van der Waals surface area (Å²) in [6, 6.07) is 2.94. The number of rotatable bonds is 2. The van der Waals surface area contributed by atoms with Gasteiger partial charge in [-0.15, -0.1) is 0 Å². The SMILES string of the molecule is O=C(c1ccc(O)c(O)c1)c1c(O)c(O)c(O)c(O)c1O. The first-order valence-corrected chi connectivity index (χ1v) is 5.51. The maximum absolute atomic E-state index is 12.2. The number of phenols is 7. The summed E-state index contributed by atoms with van der Waals surface area (Å²) in [6.45, 7) is 0. The molecule has 0 aliphatic rings. The Hall–Kier alpha value is -3.29. The molecule has 0 spiro atoms. The first-order valence-electron chi connectivity index (χ1n) is 5.51. The summed E-state index contributed by atoms with van der Waals surface area (Å²) in [5.41, 5.74) is -1.12. The number of carbonyl (C=O) groups is 1. The molecule has 0 bridgehead atoms. The van der Waals surface area contributed by atoms with Gasteiger partial charge in [0.2, 0.25) is 23.0 Å². The Morgan fingerprint density at radius 1 is 0.667 bits per heavy atom. The van der Waals surface area contributed by atoms with E-state index < -0.39 is 51.6 Å². The lowest BCUT2D eigenvalue weighted by Gasteiger charge is -2.11. The van der Waals surface area contributed by atoms with Crippen LogP contribution in [-0.4, -0.2) is 41.5 Å². The van der Waals surface area contributed by atoms with Crippen molar-refractivity contribution >= 4 is 5.78 Å². The highest BCUT2D eigenvalue weighted by atomic mass is 16.4. The van der Waals surface area contributed by atoms with Gasteiger partial charge in [-0.05, 0) is 18.2 Å². The summed E-state index contributed by atoms with van der Waals surface area (Å²) >= 11 is 0. The number of hydrogen-bond acceptors (Lipinski definition) is 8. The van der Waals surface area contributed by atoms with Gasteiger partial charge < -0.3 is 35.7 Å². The number of carbonyl (C=O) groups excluding carboxylic acids is 1. The molecule has 0 saturated heterocycles. The van der Waals surface area contributed by atoms with E-state index in [1.165, 1.54) is 0 Å². The van der Waals surface area contributed by atoms with Crippen molar-refractivity contribution in [2.24, 2.45) is 0 Å². The van der Waals surface area contributed by atoms with E-state index in [4.69, 9.17) is 5.11 Å². The average Bonchev–Trinajstić information content (AvgIpc) is 2.46. The minimum absolute atomic E-state index is 0.250. The van der Waals surface area contributed by atoms with E-state index in [9.17, 15) is 35.4 Å². The molecule has 0 heterocycles. The van der Waals surface area contributed by atoms with E-state index in [2.05, 4.69) is 0 Å². The molecule has 0 amide bonds. The normalized spacial score (nSPS) is 10.5. The van der Waals surface area contributed by atoms with Crippen LogP contribution in [0.3, 0.4) is 0 Å². The lowest BCUT2D eigenvalue weighted by molar-refractivity contribution is 0.103. The number of phenolic OH excluding ortho intramolecular Hbond substituents is 7. The van der Waals surface area contributed by atoms with Crippen LogP contribution in [0.1, 0.15) is 15.9 Å². The molecule has 110 valence electrons. The first kappa shape index (κ1) is 14.1. The Balaban J connectivity index is 2.66. The summed E-state index contributed by atoms with van der Waals surface area (Å²) in [5, 5.41) is 65.7. The standard InChI is InChI=1S/C13H10O8/c14-5-2-1-4(3-6(5)15)8(16)7-9(17)11(19)13(21)12(20)10(7)18/h1-3,14-15,17-21H. The molecule has 0 aromatic heterocycles. The molecule has 8 heteroatoms. The molecule has 0 aliphatic heterocycles. The minimum Gasteiger partial charge on any atom is -0.504 e. The number of aromatic hydroxyl groups is 7. The monoisotopic (exact) mass is 294 g/mol. The van der Waals surface area contributed by atoms with Crippen LogP contribution in [0.2, 0.25) is 0 Å². The quantitative estimate of drug-likeness (QED) is 0.244. The Labute approximate surface area is 117 Å². The Morgan fingerprint density at radius 2 is 1.14 bits per heavy atom. The summed E-state index contributed by atoms with van der Waals surface area (Å²) in [4.78, 5) is 12.2. The van der Waals surface area contributed by atoms with Gasteiger partial charge in [0.1, 0.15) is 5.56 Å². The second kappa shape index (κ2) is 4.67. The van der Waals surface area contributed by atoms with E-state index in [1.54, 1.807) is 0 Å². The fraction of sp³-hybridized carbons (Fsp3) is 0. The predicted molar refractivity (Wildman–Crippen MR) is 68.0 cm³/mol. The fourth-order valence-corrected chi connectivity index (χ4v) is 1.71. The summed E-state index contributed by atoms with van der Waals surface area (Å²) in [5.74, 6) is -8.00. The third-order valence-corrected chi connectivity index (χ3v) is 2.84. The molecule has 0 saturated carbocycles. The Bertz CT molecular complexity index is 721. The van der Waals surface area contributed by atoms with Gasteiger partial charge in [0.15, 0.2) is 23.0 Å². The van der Waals surface area contributed by atoms with Gasteiger partial charge in [0, 0.05) is 5.56 Å². The van der Waals surface area contributed by atoms with Gasteiger partial charge in [-0.1, -0.05) is 0 Å². The van der Waals surface area contributed by atoms with Crippen LogP contribution in [0, 0.1) is 0 Å². The van der Waals surface area contributed by atoms with Crippen LogP contribution in [0.5, 0.6) is 40.2 Å². The highest BCUT2D eigenvalue weighted by molar-refractivity contribution is 6.14. The zero-order valence-corrected chi connectivity index (χ0v) is 10.3. The van der Waals surface area contributed by atoms with Crippen LogP contribution in [0.15, 0.2) is 18.2 Å². The van der Waals surface area contributed by atoms with Crippen molar-refractivity contribution in [2.75, 3.05) is 0 Å². The van der Waals surface area contributed by atoms with Crippen LogP contribution in [0.4, 0.5) is 0 Å². The van der Waals surface area contributed by atoms with Crippen LogP contribution in [0.25, 0.3) is 0 Å². The molecule has 2 aromatic rings. The van der Waals surface area contributed by atoms with Crippen molar-refractivity contribution < 1.29 is 40.5 Å². The Morgan fingerprint density at radius 3 is 1.62 bits per heavy atom. The summed E-state index contributed by atoms with van der Waals surface area (Å²) < 4.78 is 0. The van der Waals surface area contributed by atoms with Gasteiger partial charge in [-0.3, -0.25) is 4.79 Å². The first-order chi connectivity index (χ1) is 9.75. The lowest BCUT2D eigenvalue weighted by Crippen LogP contribution is -2.02. The minimum atomic E-state index is -1.19. The van der Waals surface area contributed by atoms with E-state index >= 15 is 0 Å². The predicted octanol–water partition coefficient (Wildman–Crippen LogP) is 0.857. The van der Waals surface area contributed by atoms with Crippen molar-refractivity contribution in [1.29, 1.82) is 0 Å². The van der Waals surface area contributed by atoms with E-state index in [0.29, 0.717) is 0 Å². The van der Waals surface area contributed by atoms with E-state index in [-0.39, 0.29) is 5.56 Å². The fourth-order valence-electron chi connectivity index (χ4n) is 1.71. The lowest BCUT2D eigenvalue weighted by atomic mass is 9.99. The molecule has 21 heavy (non-hydrogen) atoms. The van der Waals surface area contributed by atoms with Crippen molar-refractivity contribution in [3.63, 3.8) is 0 Å². The number of hydrogen-bond donors (Lipinski definition) is 7. The van der Waals surface area contributed by atoms with Crippen molar-refractivity contribution in [1.82, 2.24) is 0 Å². The second-order valence-corrected chi connectivity index (χ2v) is 4.15. The Kier molecular flexibility index (Phi) is 3.14. The molecular weight excluding hydrogens is 284 g/mol. The van der Waals surface area contributed by atoms with E-state index in [1.807, 2.05) is 0 Å². The van der Waals surface area contributed by atoms with Crippen molar-refractivity contribution in [3.05, 3.63) is 29.3 Å². The second-order valence-electron chi connectivity index (χ2n) is 4.15. The smallest absolute Gasteiger partial charge is 0.208 e. The molecule has 0 radical (unpaired) electrons. The van der Waals surface area contributed by atoms with Crippen molar-refractivity contribution in [2.45, 2.75) is 0 Å². The zero-order chi connectivity index (χ0) is 15.9. The topological polar surface area (TPSA) is 159 Å². The third kappa shape index (κ3) is 2.08. The highest BCUT2D eigenvalue weighted by Crippen LogP contribution is 2.51. The molecule has 0 aliphatic carbocycles. The van der Waals surface area contributed by atoms with Crippen LogP contribution < -0.4 is 0 Å².